The monoisotopic (exact) mass is 312 g/mol. The predicted octanol–water partition coefficient (Wildman–Crippen LogP) is 1.97. The molecule has 0 atom stereocenters. The van der Waals surface area contributed by atoms with Gasteiger partial charge in [0.15, 0.2) is 5.13 Å². The lowest BCUT2D eigenvalue weighted by atomic mass is 10.1. The van der Waals surface area contributed by atoms with Gasteiger partial charge in [-0.3, -0.25) is 19.9 Å². The van der Waals surface area contributed by atoms with Gasteiger partial charge in [0.25, 0.3) is 5.91 Å². The zero-order valence-electron chi connectivity index (χ0n) is 11.4. The van der Waals surface area contributed by atoms with Gasteiger partial charge in [0.1, 0.15) is 0 Å². The van der Waals surface area contributed by atoms with E-state index in [2.05, 4.69) is 15.3 Å². The summed E-state index contributed by atoms with van der Waals surface area (Å²) in [4.78, 5) is 31.6. The van der Waals surface area contributed by atoms with Crippen LogP contribution in [-0.2, 0) is 11.2 Å². The van der Waals surface area contributed by atoms with Crippen molar-refractivity contribution in [2.75, 3.05) is 5.32 Å². The van der Waals surface area contributed by atoms with E-state index in [9.17, 15) is 9.59 Å². The predicted molar refractivity (Wildman–Crippen MR) is 84.7 cm³/mol. The fourth-order valence-electron chi connectivity index (χ4n) is 2.08. The summed E-state index contributed by atoms with van der Waals surface area (Å²) in [5.41, 5.74) is 6.95. The summed E-state index contributed by atoms with van der Waals surface area (Å²) >= 11 is 1.25. The second-order valence-electron chi connectivity index (χ2n) is 4.62. The maximum atomic E-state index is 12.4. The number of hydrogen-bond donors (Lipinski definition) is 2. The highest BCUT2D eigenvalue weighted by molar-refractivity contribution is 7.14. The van der Waals surface area contributed by atoms with Crippen LogP contribution in [0.5, 0.6) is 0 Å². The van der Waals surface area contributed by atoms with Crippen molar-refractivity contribution in [3.8, 4) is 0 Å². The molecule has 0 unspecified atom stereocenters. The first-order chi connectivity index (χ1) is 10.6. The normalized spacial score (nSPS) is 10.5. The van der Waals surface area contributed by atoms with E-state index < -0.39 is 5.91 Å². The number of carbonyl (C=O) groups excluding carboxylic acids is 2. The molecule has 0 radical (unpaired) electrons. The van der Waals surface area contributed by atoms with Crippen LogP contribution >= 0.6 is 11.3 Å². The number of amides is 2. The smallest absolute Gasteiger partial charge is 0.258 e. The summed E-state index contributed by atoms with van der Waals surface area (Å²) < 4.78 is 0. The van der Waals surface area contributed by atoms with Crippen molar-refractivity contribution in [3.05, 3.63) is 53.2 Å². The number of nitrogens with one attached hydrogen (secondary N) is 1. The standard InChI is InChI=1S/C15H12N4O2S/c16-13(20)7-9-8-22-15(18-9)19-14(21)11-5-6-17-12-4-2-1-3-10(11)12/h1-6,8H,7H2,(H2,16,20)(H,18,19,21). The number of carbonyl (C=O) groups is 2. The SMILES string of the molecule is NC(=O)Cc1csc(NC(=O)c2ccnc3ccccc23)n1. The van der Waals surface area contributed by atoms with Crippen LogP contribution in [0.4, 0.5) is 5.13 Å². The Balaban J connectivity index is 1.84. The van der Waals surface area contributed by atoms with Crippen LogP contribution in [0.25, 0.3) is 10.9 Å². The molecule has 3 N–H and O–H groups in total. The number of primary amides is 1. The van der Waals surface area contributed by atoms with Crippen molar-refractivity contribution < 1.29 is 9.59 Å². The summed E-state index contributed by atoms with van der Waals surface area (Å²) in [5, 5.41) is 5.64. The van der Waals surface area contributed by atoms with Crippen LogP contribution < -0.4 is 11.1 Å². The van der Waals surface area contributed by atoms with E-state index >= 15 is 0 Å². The molecule has 0 fully saturated rings. The lowest BCUT2D eigenvalue weighted by Gasteiger charge is -2.05. The van der Waals surface area contributed by atoms with Gasteiger partial charge in [0.2, 0.25) is 5.91 Å². The topological polar surface area (TPSA) is 98.0 Å². The van der Waals surface area contributed by atoms with E-state index in [-0.39, 0.29) is 12.3 Å². The number of benzene rings is 1. The number of aromatic nitrogens is 2. The molecule has 7 heteroatoms. The van der Waals surface area contributed by atoms with Gasteiger partial charge in [0.05, 0.1) is 23.2 Å². The van der Waals surface area contributed by atoms with E-state index in [1.807, 2.05) is 24.3 Å². The molecule has 110 valence electrons. The van der Waals surface area contributed by atoms with Gasteiger partial charge in [-0.1, -0.05) is 18.2 Å². The van der Waals surface area contributed by atoms with Gasteiger partial charge in [-0.2, -0.15) is 0 Å². The van der Waals surface area contributed by atoms with Crippen LogP contribution in [0, 0.1) is 0 Å². The third kappa shape index (κ3) is 2.94. The lowest BCUT2D eigenvalue weighted by molar-refractivity contribution is -0.117. The highest BCUT2D eigenvalue weighted by atomic mass is 32.1. The van der Waals surface area contributed by atoms with Crippen molar-refractivity contribution in [1.82, 2.24) is 9.97 Å². The highest BCUT2D eigenvalue weighted by Crippen LogP contribution is 2.20. The summed E-state index contributed by atoms with van der Waals surface area (Å²) in [6.07, 6.45) is 1.65. The summed E-state index contributed by atoms with van der Waals surface area (Å²) in [6, 6.07) is 9.08. The molecule has 22 heavy (non-hydrogen) atoms. The average molecular weight is 312 g/mol. The highest BCUT2D eigenvalue weighted by Gasteiger charge is 2.13. The Kier molecular flexibility index (Phi) is 3.80. The quantitative estimate of drug-likeness (QED) is 0.769. The second-order valence-corrected chi connectivity index (χ2v) is 5.47. The van der Waals surface area contributed by atoms with Crippen molar-refractivity contribution >= 4 is 39.2 Å². The molecule has 3 rings (SSSR count). The van der Waals surface area contributed by atoms with Crippen LogP contribution in [-0.4, -0.2) is 21.8 Å². The minimum absolute atomic E-state index is 0.0601. The summed E-state index contributed by atoms with van der Waals surface area (Å²) in [5.74, 6) is -0.720. The number of nitrogens with zero attached hydrogens (tertiary/aromatic N) is 2. The van der Waals surface area contributed by atoms with Gasteiger partial charge in [-0.05, 0) is 12.1 Å². The molecule has 2 amide bonds. The van der Waals surface area contributed by atoms with Gasteiger partial charge in [-0.25, -0.2) is 4.98 Å². The van der Waals surface area contributed by atoms with Crippen LogP contribution in [0.2, 0.25) is 0 Å². The molecule has 2 aromatic heterocycles. The Morgan fingerprint density at radius 3 is 2.86 bits per heavy atom. The van der Waals surface area contributed by atoms with Gasteiger partial charge in [0, 0.05) is 17.0 Å². The number of nitrogens with two attached hydrogens (primary N) is 1. The van der Waals surface area contributed by atoms with E-state index in [0.29, 0.717) is 16.4 Å². The third-order valence-corrected chi connectivity index (χ3v) is 3.83. The zero-order valence-corrected chi connectivity index (χ0v) is 12.3. The van der Waals surface area contributed by atoms with Crippen molar-refractivity contribution in [1.29, 1.82) is 0 Å². The Morgan fingerprint density at radius 1 is 1.23 bits per heavy atom. The molecular weight excluding hydrogens is 300 g/mol. The van der Waals surface area contributed by atoms with Gasteiger partial charge < -0.3 is 5.73 Å². The minimum Gasteiger partial charge on any atom is -0.369 e. The van der Waals surface area contributed by atoms with E-state index in [0.717, 1.165) is 10.9 Å². The molecule has 0 saturated carbocycles. The number of pyridine rings is 1. The molecular formula is C15H12N4O2S. The molecule has 0 spiro atoms. The minimum atomic E-state index is -0.455. The molecule has 0 aliphatic rings. The maximum Gasteiger partial charge on any atom is 0.258 e. The molecule has 0 saturated heterocycles. The van der Waals surface area contributed by atoms with Crippen molar-refractivity contribution in [2.24, 2.45) is 5.73 Å². The molecule has 1 aromatic carbocycles. The molecule has 0 bridgehead atoms. The molecule has 6 nitrogen and oxygen atoms in total. The molecule has 0 aliphatic carbocycles. The van der Waals surface area contributed by atoms with Gasteiger partial charge in [-0.15, -0.1) is 11.3 Å². The average Bonchev–Trinajstić information content (AvgIpc) is 2.92. The third-order valence-electron chi connectivity index (χ3n) is 3.02. The Morgan fingerprint density at radius 2 is 2.05 bits per heavy atom. The van der Waals surface area contributed by atoms with E-state index in [4.69, 9.17) is 5.73 Å². The first kappa shape index (κ1) is 14.2. The first-order valence-electron chi connectivity index (χ1n) is 6.51. The number of para-hydroxylation sites is 1. The number of fused-ring (bicyclic) bond motifs is 1. The van der Waals surface area contributed by atoms with Crippen molar-refractivity contribution in [3.63, 3.8) is 0 Å². The van der Waals surface area contributed by atoms with Crippen LogP contribution in [0.3, 0.4) is 0 Å². The molecule has 0 aliphatic heterocycles. The Hall–Kier alpha value is -2.80. The number of thiazole rings is 1. The first-order valence-corrected chi connectivity index (χ1v) is 7.39. The summed E-state index contributed by atoms with van der Waals surface area (Å²) in [6.45, 7) is 0. The van der Waals surface area contributed by atoms with E-state index in [1.165, 1.54) is 11.3 Å². The second kappa shape index (κ2) is 5.90. The fraction of sp³-hybridized carbons (Fsp3) is 0.0667. The number of rotatable bonds is 4. The number of anilines is 1. The Bertz CT molecular complexity index is 854. The number of hydrogen-bond acceptors (Lipinski definition) is 5. The van der Waals surface area contributed by atoms with Crippen molar-refractivity contribution in [2.45, 2.75) is 6.42 Å². The molecule has 2 heterocycles. The van der Waals surface area contributed by atoms with E-state index in [1.54, 1.807) is 17.6 Å². The zero-order chi connectivity index (χ0) is 15.5. The molecule has 3 aromatic rings. The van der Waals surface area contributed by atoms with Crippen LogP contribution in [0.15, 0.2) is 41.9 Å². The largest absolute Gasteiger partial charge is 0.369 e. The van der Waals surface area contributed by atoms with Gasteiger partial charge >= 0.3 is 0 Å². The summed E-state index contributed by atoms with van der Waals surface area (Å²) in [7, 11) is 0. The maximum absolute atomic E-state index is 12.4. The van der Waals surface area contributed by atoms with Crippen LogP contribution in [0.1, 0.15) is 16.1 Å². The lowest BCUT2D eigenvalue weighted by Crippen LogP contribution is -2.15. The fourth-order valence-corrected chi connectivity index (χ4v) is 2.79. The Labute approximate surface area is 130 Å².